The van der Waals surface area contributed by atoms with E-state index in [2.05, 4.69) is 5.16 Å². The van der Waals surface area contributed by atoms with Crippen molar-refractivity contribution in [3.05, 3.63) is 41.8 Å². The second-order valence-electron chi connectivity index (χ2n) is 4.01. The Morgan fingerprint density at radius 2 is 2.17 bits per heavy atom. The Hall–Kier alpha value is -2.56. The summed E-state index contributed by atoms with van der Waals surface area (Å²) >= 11 is 0. The number of aryl methyl sites for hydroxylation is 1. The minimum Gasteiger partial charge on any atom is -0.476 e. The van der Waals surface area contributed by atoms with E-state index in [1.54, 1.807) is 12.3 Å². The van der Waals surface area contributed by atoms with Crippen LogP contribution in [-0.4, -0.2) is 16.2 Å². The number of aromatic carboxylic acids is 1. The summed E-state index contributed by atoms with van der Waals surface area (Å²) in [5.41, 5.74) is 2.41. The summed E-state index contributed by atoms with van der Waals surface area (Å²) in [5, 5.41) is 13.3. The number of nitrogens with zero attached hydrogens (tertiary/aromatic N) is 1. The summed E-state index contributed by atoms with van der Waals surface area (Å²) in [5.74, 6) is -0.705. The molecule has 5 heteroatoms. The first-order chi connectivity index (χ1) is 8.65. The van der Waals surface area contributed by atoms with Gasteiger partial charge in [-0.25, -0.2) is 4.79 Å². The molecule has 3 rings (SSSR count). The van der Waals surface area contributed by atoms with Gasteiger partial charge in [0.05, 0.1) is 6.26 Å². The van der Waals surface area contributed by atoms with Crippen LogP contribution in [0.1, 0.15) is 16.1 Å². The van der Waals surface area contributed by atoms with Gasteiger partial charge in [0.15, 0.2) is 11.5 Å². The number of rotatable bonds is 2. The van der Waals surface area contributed by atoms with Crippen LogP contribution in [-0.2, 0) is 0 Å². The summed E-state index contributed by atoms with van der Waals surface area (Å²) < 4.78 is 10.4. The molecule has 0 amide bonds. The first kappa shape index (κ1) is 10.6. The summed E-state index contributed by atoms with van der Waals surface area (Å²) in [6, 6.07) is 6.94. The molecule has 1 N–H and O–H groups in total. The van der Waals surface area contributed by atoms with E-state index >= 15 is 0 Å². The van der Waals surface area contributed by atoms with Crippen molar-refractivity contribution in [2.24, 2.45) is 0 Å². The molecule has 0 aliphatic rings. The maximum absolute atomic E-state index is 10.7. The molecule has 0 aliphatic heterocycles. The third kappa shape index (κ3) is 1.57. The number of hydrogen-bond acceptors (Lipinski definition) is 4. The zero-order valence-electron chi connectivity index (χ0n) is 9.51. The van der Waals surface area contributed by atoms with Gasteiger partial charge in [0.1, 0.15) is 5.58 Å². The molecule has 0 spiro atoms. The number of aromatic nitrogens is 1. The average molecular weight is 243 g/mol. The Labute approximate surface area is 102 Å². The average Bonchev–Trinajstić information content (AvgIpc) is 2.96. The van der Waals surface area contributed by atoms with Crippen molar-refractivity contribution in [3.63, 3.8) is 0 Å². The Kier molecular flexibility index (Phi) is 2.19. The van der Waals surface area contributed by atoms with Crippen LogP contribution in [0.25, 0.3) is 22.3 Å². The zero-order valence-corrected chi connectivity index (χ0v) is 9.51. The van der Waals surface area contributed by atoms with Gasteiger partial charge in [-0.3, -0.25) is 0 Å². The van der Waals surface area contributed by atoms with E-state index < -0.39 is 5.97 Å². The molecule has 5 nitrogen and oxygen atoms in total. The Morgan fingerprint density at radius 1 is 1.33 bits per heavy atom. The monoisotopic (exact) mass is 243 g/mol. The van der Waals surface area contributed by atoms with Crippen molar-refractivity contribution in [1.29, 1.82) is 0 Å². The molecule has 0 radical (unpaired) electrons. The number of fused-ring (bicyclic) bond motifs is 1. The molecule has 0 unspecified atom stereocenters. The molecule has 0 aliphatic carbocycles. The van der Waals surface area contributed by atoms with Gasteiger partial charge in [-0.05, 0) is 18.6 Å². The lowest BCUT2D eigenvalue weighted by Gasteiger charge is -1.95. The Bertz CT molecular complexity index is 738. The van der Waals surface area contributed by atoms with Crippen molar-refractivity contribution in [1.82, 2.24) is 5.16 Å². The number of carboxylic acids is 1. The van der Waals surface area contributed by atoms with Crippen molar-refractivity contribution >= 4 is 16.9 Å². The first-order valence-electron chi connectivity index (χ1n) is 5.33. The topological polar surface area (TPSA) is 76.5 Å². The SMILES string of the molecule is Cc1coc2cc(-c3cc(C(=O)O)no3)ccc12. The van der Waals surface area contributed by atoms with Crippen LogP contribution in [0.5, 0.6) is 0 Å². The molecule has 0 fully saturated rings. The molecule has 1 aromatic carbocycles. The van der Waals surface area contributed by atoms with Crippen LogP contribution >= 0.6 is 0 Å². The number of benzene rings is 1. The standard InChI is InChI=1S/C13H9NO4/c1-7-6-17-12-4-8(2-3-9(7)12)11-5-10(13(15)16)14-18-11/h2-6H,1H3,(H,15,16). The molecule has 0 saturated heterocycles. The Balaban J connectivity index is 2.10. The van der Waals surface area contributed by atoms with Gasteiger partial charge in [0.2, 0.25) is 0 Å². The number of carboxylic acid groups (broad SMARTS) is 1. The first-order valence-corrected chi connectivity index (χ1v) is 5.33. The third-order valence-electron chi connectivity index (χ3n) is 2.78. The summed E-state index contributed by atoms with van der Waals surface area (Å²) in [6.07, 6.45) is 1.68. The van der Waals surface area contributed by atoms with Gasteiger partial charge in [-0.15, -0.1) is 0 Å². The summed E-state index contributed by atoms with van der Waals surface area (Å²) in [7, 11) is 0. The lowest BCUT2D eigenvalue weighted by atomic mass is 10.1. The van der Waals surface area contributed by atoms with Crippen molar-refractivity contribution in [3.8, 4) is 11.3 Å². The Morgan fingerprint density at radius 3 is 2.89 bits per heavy atom. The van der Waals surface area contributed by atoms with Gasteiger partial charge in [0, 0.05) is 17.0 Å². The molecular formula is C13H9NO4. The highest BCUT2D eigenvalue weighted by Crippen LogP contribution is 2.27. The molecule has 0 bridgehead atoms. The molecule has 0 saturated carbocycles. The van der Waals surface area contributed by atoms with Crippen molar-refractivity contribution in [2.45, 2.75) is 6.92 Å². The van der Waals surface area contributed by atoms with E-state index in [9.17, 15) is 4.79 Å². The molecule has 0 atom stereocenters. The van der Waals surface area contributed by atoms with Crippen LogP contribution in [0.15, 0.2) is 39.5 Å². The predicted octanol–water partition coefficient (Wildman–Crippen LogP) is 3.09. The highest BCUT2D eigenvalue weighted by Gasteiger charge is 2.13. The minimum atomic E-state index is -1.11. The second-order valence-corrected chi connectivity index (χ2v) is 4.01. The molecule has 18 heavy (non-hydrogen) atoms. The van der Waals surface area contributed by atoms with Crippen molar-refractivity contribution < 1.29 is 18.8 Å². The number of furan rings is 1. The highest BCUT2D eigenvalue weighted by molar-refractivity contribution is 5.88. The van der Waals surface area contributed by atoms with Crippen LogP contribution in [0, 0.1) is 6.92 Å². The maximum atomic E-state index is 10.7. The van der Waals surface area contributed by atoms with E-state index in [1.165, 1.54) is 6.07 Å². The van der Waals surface area contributed by atoms with Gasteiger partial charge in [-0.1, -0.05) is 17.3 Å². The smallest absolute Gasteiger partial charge is 0.358 e. The minimum absolute atomic E-state index is 0.110. The summed E-state index contributed by atoms with van der Waals surface area (Å²) in [4.78, 5) is 10.7. The van der Waals surface area contributed by atoms with Crippen LogP contribution < -0.4 is 0 Å². The van der Waals surface area contributed by atoms with Crippen LogP contribution in [0.3, 0.4) is 0 Å². The van der Waals surface area contributed by atoms with E-state index in [0.717, 1.165) is 22.1 Å². The van der Waals surface area contributed by atoms with Gasteiger partial charge in [0.25, 0.3) is 0 Å². The van der Waals surface area contributed by atoms with E-state index in [-0.39, 0.29) is 5.69 Å². The molecular weight excluding hydrogens is 234 g/mol. The van der Waals surface area contributed by atoms with Gasteiger partial charge in [-0.2, -0.15) is 0 Å². The van der Waals surface area contributed by atoms with Crippen molar-refractivity contribution in [2.75, 3.05) is 0 Å². The van der Waals surface area contributed by atoms with Gasteiger partial charge < -0.3 is 14.0 Å². The zero-order chi connectivity index (χ0) is 12.7. The number of carbonyl (C=O) groups is 1. The maximum Gasteiger partial charge on any atom is 0.358 e. The molecule has 2 aromatic heterocycles. The summed E-state index contributed by atoms with van der Waals surface area (Å²) in [6.45, 7) is 1.96. The number of hydrogen-bond donors (Lipinski definition) is 1. The fourth-order valence-electron chi connectivity index (χ4n) is 1.83. The molecule has 3 aromatic rings. The van der Waals surface area contributed by atoms with E-state index in [4.69, 9.17) is 14.0 Å². The lowest BCUT2D eigenvalue weighted by Crippen LogP contribution is -1.94. The molecule has 2 heterocycles. The quantitative estimate of drug-likeness (QED) is 0.748. The largest absolute Gasteiger partial charge is 0.476 e. The predicted molar refractivity (Wildman–Crippen MR) is 63.4 cm³/mol. The van der Waals surface area contributed by atoms with Crippen LogP contribution in [0.2, 0.25) is 0 Å². The second kappa shape index (κ2) is 3.73. The fourth-order valence-corrected chi connectivity index (χ4v) is 1.83. The highest BCUT2D eigenvalue weighted by atomic mass is 16.5. The van der Waals surface area contributed by atoms with E-state index in [1.807, 2.05) is 19.1 Å². The van der Waals surface area contributed by atoms with Crippen LogP contribution in [0.4, 0.5) is 0 Å². The fraction of sp³-hybridized carbons (Fsp3) is 0.0769. The normalized spacial score (nSPS) is 10.9. The lowest BCUT2D eigenvalue weighted by molar-refractivity contribution is 0.0686. The molecule has 90 valence electrons. The van der Waals surface area contributed by atoms with E-state index in [0.29, 0.717) is 5.76 Å². The third-order valence-corrected chi connectivity index (χ3v) is 2.78. The van der Waals surface area contributed by atoms with Gasteiger partial charge >= 0.3 is 5.97 Å².